The van der Waals surface area contributed by atoms with Crippen LogP contribution in [0.3, 0.4) is 0 Å². The number of hydrogen-bond acceptors (Lipinski definition) is 3. The van der Waals surface area contributed by atoms with Gasteiger partial charge in [-0.3, -0.25) is 4.79 Å². The van der Waals surface area contributed by atoms with Gasteiger partial charge in [-0.25, -0.2) is 0 Å². The molecule has 11 heavy (non-hydrogen) atoms. The molecule has 0 bridgehead atoms. The first-order chi connectivity index (χ1) is 5.15. The summed E-state index contributed by atoms with van der Waals surface area (Å²) in [6.07, 6.45) is 1.00. The fourth-order valence-corrected chi connectivity index (χ4v) is 1.36. The fraction of sp³-hybridized carbons (Fsp3) is 0.875. The molecule has 0 unspecified atom stereocenters. The third-order valence-corrected chi connectivity index (χ3v) is 2.03. The van der Waals surface area contributed by atoms with Crippen molar-refractivity contribution in [2.75, 3.05) is 27.7 Å². The largest absolute Gasteiger partial charge is 0.469 e. The number of ether oxygens (including phenoxy) is 1. The third-order valence-electron chi connectivity index (χ3n) is 2.03. The summed E-state index contributed by atoms with van der Waals surface area (Å²) >= 11 is 0. The molecule has 1 rings (SSSR count). The van der Waals surface area contributed by atoms with Gasteiger partial charge in [0.2, 0.25) is 0 Å². The first kappa shape index (κ1) is 8.53. The van der Waals surface area contributed by atoms with E-state index in [1.54, 1.807) is 0 Å². The second kappa shape index (κ2) is 3.22. The Labute approximate surface area is 67.3 Å². The monoisotopic (exact) mass is 157 g/mol. The number of nitrogens with zero attached hydrogens (tertiary/aromatic N) is 1. The van der Waals surface area contributed by atoms with Gasteiger partial charge < -0.3 is 9.64 Å². The smallest absolute Gasteiger partial charge is 0.308 e. The molecule has 64 valence electrons. The van der Waals surface area contributed by atoms with Crippen molar-refractivity contribution < 1.29 is 9.53 Å². The van der Waals surface area contributed by atoms with Gasteiger partial charge in [0.25, 0.3) is 0 Å². The van der Waals surface area contributed by atoms with Gasteiger partial charge in [-0.05, 0) is 26.4 Å². The van der Waals surface area contributed by atoms with Gasteiger partial charge in [-0.2, -0.15) is 0 Å². The molecule has 0 spiro atoms. The summed E-state index contributed by atoms with van der Waals surface area (Å²) in [5.41, 5.74) is 0. The standard InChI is InChI=1S/C8H15NO2/c1-9(2)5-6-4-7(6)8(10)11-3/h6-7H,4-5H2,1-3H3/t6-,7+/m0/s1. The average molecular weight is 157 g/mol. The van der Waals surface area contributed by atoms with Gasteiger partial charge in [-0.15, -0.1) is 0 Å². The van der Waals surface area contributed by atoms with Crippen molar-refractivity contribution in [3.8, 4) is 0 Å². The molecule has 0 aromatic rings. The molecule has 1 aliphatic rings. The molecule has 0 amide bonds. The molecule has 0 aromatic carbocycles. The lowest BCUT2D eigenvalue weighted by atomic mass is 10.3. The number of esters is 1. The van der Waals surface area contributed by atoms with Crippen molar-refractivity contribution in [3.63, 3.8) is 0 Å². The zero-order valence-electron chi connectivity index (χ0n) is 7.33. The van der Waals surface area contributed by atoms with E-state index in [-0.39, 0.29) is 11.9 Å². The van der Waals surface area contributed by atoms with Gasteiger partial charge >= 0.3 is 5.97 Å². The molecule has 0 radical (unpaired) electrons. The van der Waals surface area contributed by atoms with E-state index in [0.717, 1.165) is 13.0 Å². The van der Waals surface area contributed by atoms with Crippen LogP contribution in [0.2, 0.25) is 0 Å². The number of carbonyl (C=O) groups excluding carboxylic acids is 1. The summed E-state index contributed by atoms with van der Waals surface area (Å²) in [7, 11) is 5.49. The van der Waals surface area contributed by atoms with E-state index in [1.807, 2.05) is 14.1 Å². The highest BCUT2D eigenvalue weighted by molar-refractivity contribution is 5.75. The summed E-state index contributed by atoms with van der Waals surface area (Å²) in [5.74, 6) is 0.677. The number of methoxy groups -OCH3 is 1. The number of carbonyl (C=O) groups is 1. The lowest BCUT2D eigenvalue weighted by Crippen LogP contribution is -2.17. The van der Waals surface area contributed by atoms with Crippen molar-refractivity contribution in [1.82, 2.24) is 4.90 Å². The van der Waals surface area contributed by atoms with Gasteiger partial charge in [-0.1, -0.05) is 0 Å². The van der Waals surface area contributed by atoms with Gasteiger partial charge in [0.05, 0.1) is 13.0 Å². The van der Waals surface area contributed by atoms with Crippen LogP contribution in [-0.4, -0.2) is 38.6 Å². The van der Waals surface area contributed by atoms with Gasteiger partial charge in [0, 0.05) is 6.54 Å². The summed E-state index contributed by atoms with van der Waals surface area (Å²) in [5, 5.41) is 0. The predicted octanol–water partition coefficient (Wildman–Crippen LogP) is 0.357. The maximum atomic E-state index is 10.9. The van der Waals surface area contributed by atoms with Crippen LogP contribution in [-0.2, 0) is 9.53 Å². The topological polar surface area (TPSA) is 29.5 Å². The molecule has 0 aliphatic heterocycles. The molecule has 3 heteroatoms. The van der Waals surface area contributed by atoms with Crippen molar-refractivity contribution in [1.29, 1.82) is 0 Å². The summed E-state index contributed by atoms with van der Waals surface area (Å²) in [6, 6.07) is 0. The maximum absolute atomic E-state index is 10.9. The second-order valence-electron chi connectivity index (χ2n) is 3.39. The van der Waals surface area contributed by atoms with Gasteiger partial charge in [0.15, 0.2) is 0 Å². The molecule has 0 aromatic heterocycles. The normalized spacial score (nSPS) is 28.7. The molecular formula is C8H15NO2. The first-order valence-corrected chi connectivity index (χ1v) is 3.87. The van der Waals surface area contributed by atoms with Crippen LogP contribution in [0, 0.1) is 11.8 Å². The zero-order valence-corrected chi connectivity index (χ0v) is 7.33. The molecule has 1 aliphatic carbocycles. The average Bonchev–Trinajstić information content (AvgIpc) is 2.65. The quantitative estimate of drug-likeness (QED) is 0.554. The zero-order chi connectivity index (χ0) is 8.43. The van der Waals surface area contributed by atoms with Crippen molar-refractivity contribution in [3.05, 3.63) is 0 Å². The SMILES string of the molecule is COC(=O)[C@@H]1C[C@H]1CN(C)C. The minimum absolute atomic E-state index is 0.0446. The molecule has 0 N–H and O–H groups in total. The van der Waals surface area contributed by atoms with Crippen LogP contribution in [0.15, 0.2) is 0 Å². The molecule has 1 saturated carbocycles. The molecule has 1 fully saturated rings. The van der Waals surface area contributed by atoms with Crippen molar-refractivity contribution in [2.45, 2.75) is 6.42 Å². The van der Waals surface area contributed by atoms with E-state index < -0.39 is 0 Å². The third kappa shape index (κ3) is 2.19. The van der Waals surface area contributed by atoms with E-state index in [9.17, 15) is 4.79 Å². The highest BCUT2D eigenvalue weighted by Gasteiger charge is 2.43. The van der Waals surface area contributed by atoms with Crippen LogP contribution in [0.4, 0.5) is 0 Å². The van der Waals surface area contributed by atoms with Crippen LogP contribution in [0.5, 0.6) is 0 Å². The highest BCUT2D eigenvalue weighted by atomic mass is 16.5. The highest BCUT2D eigenvalue weighted by Crippen LogP contribution is 2.39. The van der Waals surface area contributed by atoms with Gasteiger partial charge in [0.1, 0.15) is 0 Å². The van der Waals surface area contributed by atoms with Crippen molar-refractivity contribution in [2.24, 2.45) is 11.8 Å². The first-order valence-electron chi connectivity index (χ1n) is 3.87. The molecule has 0 heterocycles. The van der Waals surface area contributed by atoms with E-state index in [2.05, 4.69) is 9.64 Å². The lowest BCUT2D eigenvalue weighted by Gasteiger charge is -2.07. The Morgan fingerprint density at radius 1 is 1.64 bits per heavy atom. The van der Waals surface area contributed by atoms with Crippen LogP contribution < -0.4 is 0 Å². The van der Waals surface area contributed by atoms with Crippen LogP contribution in [0.1, 0.15) is 6.42 Å². The van der Waals surface area contributed by atoms with E-state index in [1.165, 1.54) is 7.11 Å². The summed E-state index contributed by atoms with van der Waals surface area (Å²) in [4.78, 5) is 13.0. The Hall–Kier alpha value is -0.570. The molecule has 2 atom stereocenters. The predicted molar refractivity (Wildman–Crippen MR) is 42.2 cm³/mol. The fourth-order valence-electron chi connectivity index (χ4n) is 1.36. The minimum Gasteiger partial charge on any atom is -0.469 e. The maximum Gasteiger partial charge on any atom is 0.308 e. The molecule has 3 nitrogen and oxygen atoms in total. The molecular weight excluding hydrogens is 142 g/mol. The minimum atomic E-state index is -0.0446. The van der Waals surface area contributed by atoms with Crippen molar-refractivity contribution >= 4 is 5.97 Å². The Bertz CT molecular complexity index is 156. The van der Waals surface area contributed by atoms with E-state index in [0.29, 0.717) is 5.92 Å². The Morgan fingerprint density at radius 2 is 2.27 bits per heavy atom. The lowest BCUT2D eigenvalue weighted by molar-refractivity contribution is -0.142. The second-order valence-corrected chi connectivity index (χ2v) is 3.39. The summed E-state index contributed by atoms with van der Waals surface area (Å²) < 4.78 is 4.63. The Balaban J connectivity index is 2.21. The van der Waals surface area contributed by atoms with Crippen LogP contribution in [0.25, 0.3) is 0 Å². The summed E-state index contributed by atoms with van der Waals surface area (Å²) in [6.45, 7) is 1.000. The Morgan fingerprint density at radius 3 is 2.73 bits per heavy atom. The van der Waals surface area contributed by atoms with E-state index >= 15 is 0 Å². The number of hydrogen-bond donors (Lipinski definition) is 0. The Kier molecular flexibility index (Phi) is 2.49. The molecule has 0 saturated heterocycles. The number of rotatable bonds is 3. The van der Waals surface area contributed by atoms with Crippen LogP contribution >= 0.6 is 0 Å². The van der Waals surface area contributed by atoms with E-state index in [4.69, 9.17) is 0 Å².